The largest absolute Gasteiger partial charge is 0.461 e. The molecular formula is C29H27NO8. The van der Waals surface area contributed by atoms with Gasteiger partial charge in [0.25, 0.3) is 5.69 Å². The number of ether oxygens (including phenoxy) is 2. The molecule has 0 heterocycles. The highest BCUT2D eigenvalue weighted by atomic mass is 16.6. The SMILES string of the molecule is C[C@]1(O)CC(=O)[C@H](C(=O)OCc2ccccc2)[C@@H](c2cccc([N+](=O)[O-])c2)[C@@H]1C(=O)OCc1ccccc1. The van der Waals surface area contributed by atoms with Crippen molar-refractivity contribution in [3.05, 3.63) is 112 Å². The molecule has 4 rings (SSSR count). The first kappa shape index (κ1) is 26.7. The highest BCUT2D eigenvalue weighted by molar-refractivity contribution is 6.02. The summed E-state index contributed by atoms with van der Waals surface area (Å²) < 4.78 is 11.0. The Bertz CT molecular complexity index is 1320. The van der Waals surface area contributed by atoms with Crippen LogP contribution in [-0.2, 0) is 37.1 Å². The third kappa shape index (κ3) is 5.95. The van der Waals surface area contributed by atoms with E-state index in [1.165, 1.54) is 31.2 Å². The number of Topliss-reactive ketones (excluding diaryl/α,β-unsaturated/α-hetero) is 1. The van der Waals surface area contributed by atoms with Crippen LogP contribution in [0.15, 0.2) is 84.9 Å². The first-order valence-electron chi connectivity index (χ1n) is 12.1. The molecule has 1 aliphatic carbocycles. The van der Waals surface area contributed by atoms with E-state index in [-0.39, 0.29) is 24.5 Å². The maximum atomic E-state index is 13.5. The van der Waals surface area contributed by atoms with E-state index in [0.717, 1.165) is 0 Å². The predicted molar refractivity (Wildman–Crippen MR) is 136 cm³/mol. The van der Waals surface area contributed by atoms with Crippen LogP contribution in [0, 0.1) is 22.0 Å². The van der Waals surface area contributed by atoms with Gasteiger partial charge in [0.1, 0.15) is 19.1 Å². The Hall–Kier alpha value is -4.37. The first-order chi connectivity index (χ1) is 18.2. The Labute approximate surface area is 219 Å². The second-order valence-corrected chi connectivity index (χ2v) is 9.52. The average molecular weight is 518 g/mol. The molecule has 9 heteroatoms. The van der Waals surface area contributed by atoms with E-state index in [0.29, 0.717) is 11.1 Å². The maximum Gasteiger partial charge on any atom is 0.317 e. The van der Waals surface area contributed by atoms with E-state index < -0.39 is 52.4 Å². The molecule has 0 saturated heterocycles. The van der Waals surface area contributed by atoms with E-state index in [2.05, 4.69) is 0 Å². The van der Waals surface area contributed by atoms with Crippen molar-refractivity contribution in [2.75, 3.05) is 0 Å². The van der Waals surface area contributed by atoms with E-state index in [1.807, 2.05) is 12.1 Å². The van der Waals surface area contributed by atoms with E-state index in [4.69, 9.17) is 9.47 Å². The Kier molecular flexibility index (Phi) is 7.97. The number of non-ortho nitro benzene ring substituents is 1. The van der Waals surface area contributed by atoms with Crippen LogP contribution in [-0.4, -0.2) is 33.4 Å². The highest BCUT2D eigenvalue weighted by Gasteiger charge is 2.57. The van der Waals surface area contributed by atoms with Crippen molar-refractivity contribution < 1.29 is 33.9 Å². The number of nitro groups is 1. The smallest absolute Gasteiger partial charge is 0.317 e. The van der Waals surface area contributed by atoms with Crippen LogP contribution in [0.25, 0.3) is 0 Å². The Morgan fingerprint density at radius 3 is 2.03 bits per heavy atom. The van der Waals surface area contributed by atoms with Crippen LogP contribution in [0.2, 0.25) is 0 Å². The fourth-order valence-corrected chi connectivity index (χ4v) is 4.90. The third-order valence-corrected chi connectivity index (χ3v) is 6.69. The molecule has 1 saturated carbocycles. The number of carbonyl (C=O) groups is 3. The van der Waals surface area contributed by atoms with Crippen molar-refractivity contribution in [3.8, 4) is 0 Å². The number of benzene rings is 3. The minimum Gasteiger partial charge on any atom is -0.461 e. The van der Waals surface area contributed by atoms with Gasteiger partial charge in [-0.25, -0.2) is 0 Å². The molecule has 0 aliphatic heterocycles. The molecular weight excluding hydrogens is 490 g/mol. The van der Waals surface area contributed by atoms with Gasteiger partial charge < -0.3 is 14.6 Å². The summed E-state index contributed by atoms with van der Waals surface area (Å²) in [7, 11) is 0. The van der Waals surface area contributed by atoms with Gasteiger partial charge in [-0.15, -0.1) is 0 Å². The number of nitro benzene ring substituents is 1. The molecule has 3 aromatic rings. The average Bonchev–Trinajstić information content (AvgIpc) is 2.90. The van der Waals surface area contributed by atoms with E-state index >= 15 is 0 Å². The standard InChI is InChI=1S/C29H27NO8/c1-29(34)16-23(31)25(27(32)37-17-19-9-4-2-5-10-19)24(21-13-8-14-22(15-21)30(35)36)26(29)28(33)38-18-20-11-6-3-7-12-20/h2-15,24-26,34H,16-18H2,1H3/t24-,25+,26-,29+/m1/s1. The van der Waals surface area contributed by atoms with Gasteiger partial charge in [0, 0.05) is 24.5 Å². The molecule has 1 fully saturated rings. The van der Waals surface area contributed by atoms with Crippen molar-refractivity contribution in [2.45, 2.75) is 38.1 Å². The fraction of sp³-hybridized carbons (Fsp3) is 0.276. The summed E-state index contributed by atoms with van der Waals surface area (Å²) in [6, 6.07) is 23.1. The molecule has 1 aliphatic rings. The first-order valence-corrected chi connectivity index (χ1v) is 12.1. The zero-order chi connectivity index (χ0) is 27.3. The molecule has 9 nitrogen and oxygen atoms in total. The molecule has 0 amide bonds. The summed E-state index contributed by atoms with van der Waals surface area (Å²) in [6.07, 6.45) is -0.491. The van der Waals surface area contributed by atoms with Crippen LogP contribution in [0.4, 0.5) is 5.69 Å². The van der Waals surface area contributed by atoms with Crippen LogP contribution >= 0.6 is 0 Å². The molecule has 196 valence electrons. The maximum absolute atomic E-state index is 13.5. The van der Waals surface area contributed by atoms with Crippen molar-refractivity contribution in [1.82, 2.24) is 0 Å². The summed E-state index contributed by atoms with van der Waals surface area (Å²) in [5.74, 6) is -6.44. The lowest BCUT2D eigenvalue weighted by molar-refractivity contribution is -0.385. The summed E-state index contributed by atoms with van der Waals surface area (Å²) >= 11 is 0. The zero-order valence-corrected chi connectivity index (χ0v) is 20.7. The van der Waals surface area contributed by atoms with Gasteiger partial charge in [0.2, 0.25) is 0 Å². The molecule has 0 radical (unpaired) electrons. The van der Waals surface area contributed by atoms with Gasteiger partial charge >= 0.3 is 11.9 Å². The number of aliphatic hydroxyl groups is 1. The lowest BCUT2D eigenvalue weighted by Gasteiger charge is -2.43. The topological polar surface area (TPSA) is 133 Å². The molecule has 4 atom stereocenters. The van der Waals surface area contributed by atoms with Gasteiger partial charge in [-0.3, -0.25) is 24.5 Å². The van der Waals surface area contributed by atoms with Crippen LogP contribution in [0.1, 0.15) is 36.0 Å². The van der Waals surface area contributed by atoms with Gasteiger partial charge in [-0.2, -0.15) is 0 Å². The Morgan fingerprint density at radius 2 is 1.47 bits per heavy atom. The lowest BCUT2D eigenvalue weighted by atomic mass is 9.61. The van der Waals surface area contributed by atoms with E-state index in [9.17, 15) is 29.6 Å². The van der Waals surface area contributed by atoms with E-state index in [1.54, 1.807) is 48.5 Å². The van der Waals surface area contributed by atoms with Gasteiger partial charge in [0.15, 0.2) is 5.78 Å². The molecule has 0 spiro atoms. The second-order valence-electron chi connectivity index (χ2n) is 9.52. The monoisotopic (exact) mass is 517 g/mol. The Morgan fingerprint density at radius 1 is 0.921 bits per heavy atom. The van der Waals surface area contributed by atoms with Crippen LogP contribution in [0.3, 0.4) is 0 Å². The number of carbonyl (C=O) groups excluding carboxylic acids is 3. The predicted octanol–water partition coefficient (Wildman–Crippen LogP) is 4.12. The molecule has 0 unspecified atom stereocenters. The Balaban J connectivity index is 1.71. The lowest BCUT2D eigenvalue weighted by Crippen LogP contribution is -2.55. The number of ketones is 1. The number of hydrogen-bond donors (Lipinski definition) is 1. The van der Waals surface area contributed by atoms with Crippen LogP contribution in [0.5, 0.6) is 0 Å². The van der Waals surface area contributed by atoms with Gasteiger partial charge in [-0.1, -0.05) is 72.8 Å². The van der Waals surface area contributed by atoms with Gasteiger partial charge in [0.05, 0.1) is 16.4 Å². The quantitative estimate of drug-likeness (QED) is 0.204. The summed E-state index contributed by atoms with van der Waals surface area (Å²) in [5, 5.41) is 22.8. The summed E-state index contributed by atoms with van der Waals surface area (Å²) in [6.45, 7) is 1.13. The molecule has 0 bridgehead atoms. The highest BCUT2D eigenvalue weighted by Crippen LogP contribution is 2.47. The second kappa shape index (κ2) is 11.4. The minimum atomic E-state index is -1.88. The fourth-order valence-electron chi connectivity index (χ4n) is 4.90. The molecule has 1 N–H and O–H groups in total. The van der Waals surface area contributed by atoms with Crippen LogP contribution < -0.4 is 0 Å². The number of esters is 2. The number of hydrogen-bond acceptors (Lipinski definition) is 8. The minimum absolute atomic E-state index is 0.0923. The van der Waals surface area contributed by atoms with Gasteiger partial charge in [-0.05, 0) is 23.6 Å². The molecule has 3 aromatic carbocycles. The summed E-state index contributed by atoms with van der Waals surface area (Å²) in [5.41, 5.74) is -0.583. The zero-order valence-electron chi connectivity index (χ0n) is 20.7. The molecule has 0 aromatic heterocycles. The summed E-state index contributed by atoms with van der Waals surface area (Å²) in [4.78, 5) is 50.9. The van der Waals surface area contributed by atoms with Crippen molar-refractivity contribution in [1.29, 1.82) is 0 Å². The normalized spacial score (nSPS) is 22.9. The number of nitrogens with zero attached hydrogens (tertiary/aromatic N) is 1. The third-order valence-electron chi connectivity index (χ3n) is 6.69. The number of rotatable bonds is 8. The molecule has 38 heavy (non-hydrogen) atoms. The van der Waals surface area contributed by atoms with Crippen molar-refractivity contribution in [2.24, 2.45) is 11.8 Å². The van der Waals surface area contributed by atoms with Crippen molar-refractivity contribution >= 4 is 23.4 Å². The van der Waals surface area contributed by atoms with Crippen molar-refractivity contribution in [3.63, 3.8) is 0 Å².